The van der Waals surface area contributed by atoms with Crippen LogP contribution in [-0.4, -0.2) is 39.0 Å². The molecular formula is C29H41N3O3S2. The number of rotatable bonds is 14. The number of nitrogens with zero attached hydrogens (tertiary/aromatic N) is 1. The third-order valence-electron chi connectivity index (χ3n) is 7.43. The lowest BCUT2D eigenvalue weighted by Gasteiger charge is -2.29. The molecule has 0 bridgehead atoms. The minimum atomic E-state index is -3.13. The number of fused-ring (bicyclic) bond motifs is 2. The topological polar surface area (TPSA) is 80.2 Å². The van der Waals surface area contributed by atoms with Gasteiger partial charge in [-0.05, 0) is 81.6 Å². The minimum Gasteiger partial charge on any atom is -0.322 e. The highest BCUT2D eigenvalue weighted by molar-refractivity contribution is 7.90. The molecular weight excluding hydrogens is 502 g/mol. The normalized spacial score (nSPS) is 17.1. The largest absolute Gasteiger partial charge is 0.326 e. The molecule has 6 nitrogen and oxygen atoms in total. The maximum Gasteiger partial charge on any atom is 0.326 e. The van der Waals surface area contributed by atoms with Crippen LogP contribution in [0.3, 0.4) is 0 Å². The molecule has 0 spiro atoms. The Morgan fingerprint density at radius 3 is 2.51 bits per heavy atom. The summed E-state index contributed by atoms with van der Waals surface area (Å²) in [6.07, 6.45) is 16.8. The molecule has 0 saturated carbocycles. The molecule has 2 aromatic rings. The van der Waals surface area contributed by atoms with E-state index in [1.165, 1.54) is 40.9 Å². The fraction of sp³-hybridized carbons (Fsp3) is 0.552. The predicted molar refractivity (Wildman–Crippen MR) is 155 cm³/mol. The summed E-state index contributed by atoms with van der Waals surface area (Å²) in [4.78, 5) is 14.5. The third-order valence-corrected chi connectivity index (χ3v) is 9.56. The van der Waals surface area contributed by atoms with Crippen LogP contribution in [0.5, 0.6) is 0 Å². The van der Waals surface area contributed by atoms with E-state index in [0.717, 1.165) is 82.3 Å². The van der Waals surface area contributed by atoms with E-state index < -0.39 is 9.84 Å². The van der Waals surface area contributed by atoms with Crippen molar-refractivity contribution in [1.29, 1.82) is 0 Å². The first-order valence-electron chi connectivity index (χ1n) is 13.8. The summed E-state index contributed by atoms with van der Waals surface area (Å²) in [5.41, 5.74) is 8.57. The molecule has 2 aliphatic rings. The lowest BCUT2D eigenvalue weighted by atomic mass is 9.78. The molecule has 0 saturated heterocycles. The zero-order valence-electron chi connectivity index (χ0n) is 22.2. The van der Waals surface area contributed by atoms with Crippen molar-refractivity contribution in [3.63, 3.8) is 0 Å². The SMILES string of the molecule is CCC[C@H]1CC=CC2=C1CCc1sc(=O)n(NCCCCCCNCCc3ccc(S(C)(=O)=O)cc3)c12. The van der Waals surface area contributed by atoms with Crippen molar-refractivity contribution < 1.29 is 8.42 Å². The molecule has 0 radical (unpaired) electrons. The predicted octanol–water partition coefficient (Wildman–Crippen LogP) is 5.33. The highest BCUT2D eigenvalue weighted by Crippen LogP contribution is 2.41. The second kappa shape index (κ2) is 13.1. The van der Waals surface area contributed by atoms with Crippen molar-refractivity contribution in [2.75, 3.05) is 31.3 Å². The second-order valence-corrected chi connectivity index (χ2v) is 13.3. The molecule has 0 aliphatic heterocycles. The lowest BCUT2D eigenvalue weighted by Crippen LogP contribution is -2.28. The zero-order chi connectivity index (χ0) is 26.3. The molecule has 1 heterocycles. The van der Waals surface area contributed by atoms with Crippen LogP contribution in [0.1, 0.15) is 74.4 Å². The fourth-order valence-electron chi connectivity index (χ4n) is 5.46. The van der Waals surface area contributed by atoms with Crippen LogP contribution in [0.2, 0.25) is 0 Å². The molecule has 1 aromatic heterocycles. The third kappa shape index (κ3) is 7.24. The van der Waals surface area contributed by atoms with Gasteiger partial charge in [-0.3, -0.25) is 4.79 Å². The van der Waals surface area contributed by atoms with E-state index in [9.17, 15) is 13.2 Å². The van der Waals surface area contributed by atoms with Crippen molar-refractivity contribution in [2.24, 2.45) is 5.92 Å². The van der Waals surface area contributed by atoms with Crippen LogP contribution in [0.25, 0.3) is 5.57 Å². The van der Waals surface area contributed by atoms with Crippen LogP contribution in [0.15, 0.2) is 51.7 Å². The van der Waals surface area contributed by atoms with E-state index in [2.05, 4.69) is 29.8 Å². The Kier molecular flexibility index (Phi) is 9.84. The van der Waals surface area contributed by atoms with E-state index in [0.29, 0.717) is 10.8 Å². The quantitative estimate of drug-likeness (QED) is 0.315. The van der Waals surface area contributed by atoms with Gasteiger partial charge in [0.2, 0.25) is 0 Å². The number of hydrogen-bond donors (Lipinski definition) is 2. The maximum absolute atomic E-state index is 12.8. The van der Waals surface area contributed by atoms with Crippen LogP contribution in [-0.2, 0) is 22.7 Å². The van der Waals surface area contributed by atoms with Crippen LogP contribution in [0.4, 0.5) is 0 Å². The Morgan fingerprint density at radius 2 is 1.78 bits per heavy atom. The number of nitrogens with one attached hydrogen (secondary N) is 2. The monoisotopic (exact) mass is 543 g/mol. The first kappa shape index (κ1) is 27.9. The van der Waals surface area contributed by atoms with E-state index in [1.807, 2.05) is 16.8 Å². The number of thiazole rings is 1. The van der Waals surface area contributed by atoms with Crippen molar-refractivity contribution >= 4 is 26.7 Å². The summed E-state index contributed by atoms with van der Waals surface area (Å²) in [7, 11) is -3.13. The molecule has 1 aromatic carbocycles. The van der Waals surface area contributed by atoms with Gasteiger partial charge in [0.25, 0.3) is 0 Å². The van der Waals surface area contributed by atoms with Gasteiger partial charge in [0.1, 0.15) is 0 Å². The zero-order valence-corrected chi connectivity index (χ0v) is 23.9. The highest BCUT2D eigenvalue weighted by atomic mass is 32.2. The molecule has 0 amide bonds. The Hall–Kier alpha value is -2.16. The molecule has 2 N–H and O–H groups in total. The van der Waals surface area contributed by atoms with Gasteiger partial charge in [-0.1, -0.05) is 67.4 Å². The fourth-order valence-corrected chi connectivity index (χ4v) is 7.05. The first-order chi connectivity index (χ1) is 17.9. The van der Waals surface area contributed by atoms with E-state index in [4.69, 9.17) is 0 Å². The summed E-state index contributed by atoms with van der Waals surface area (Å²) in [5, 5.41) is 3.48. The van der Waals surface area contributed by atoms with Crippen LogP contribution >= 0.6 is 11.3 Å². The van der Waals surface area contributed by atoms with Crippen molar-refractivity contribution in [1.82, 2.24) is 9.99 Å². The van der Waals surface area contributed by atoms with Gasteiger partial charge in [-0.15, -0.1) is 0 Å². The smallest absolute Gasteiger partial charge is 0.322 e. The van der Waals surface area contributed by atoms with Gasteiger partial charge in [-0.25, -0.2) is 13.1 Å². The molecule has 202 valence electrons. The number of allylic oxidation sites excluding steroid dienone is 4. The molecule has 37 heavy (non-hydrogen) atoms. The van der Waals surface area contributed by atoms with Gasteiger partial charge >= 0.3 is 4.87 Å². The maximum atomic E-state index is 12.8. The van der Waals surface area contributed by atoms with Gasteiger partial charge in [0.15, 0.2) is 9.84 Å². The number of aromatic nitrogens is 1. The number of benzene rings is 1. The highest BCUT2D eigenvalue weighted by Gasteiger charge is 2.29. The molecule has 2 aliphatic carbocycles. The van der Waals surface area contributed by atoms with E-state index in [1.54, 1.807) is 17.7 Å². The summed E-state index contributed by atoms with van der Waals surface area (Å²) in [6.45, 7) is 4.94. The van der Waals surface area contributed by atoms with Gasteiger partial charge in [-0.2, -0.15) is 0 Å². The average molecular weight is 544 g/mol. The van der Waals surface area contributed by atoms with E-state index >= 15 is 0 Å². The Morgan fingerprint density at radius 1 is 1.03 bits per heavy atom. The van der Waals surface area contributed by atoms with Crippen LogP contribution < -0.4 is 15.6 Å². The van der Waals surface area contributed by atoms with Gasteiger partial charge in [0.05, 0.1) is 10.6 Å². The van der Waals surface area contributed by atoms with Gasteiger partial charge in [0, 0.05) is 23.3 Å². The summed E-state index contributed by atoms with van der Waals surface area (Å²) in [5.74, 6) is 0.635. The molecule has 0 unspecified atom stereocenters. The first-order valence-corrected chi connectivity index (χ1v) is 16.5. The van der Waals surface area contributed by atoms with Crippen molar-refractivity contribution in [2.45, 2.75) is 76.0 Å². The van der Waals surface area contributed by atoms with Crippen LogP contribution in [0, 0.1) is 5.92 Å². The number of hydrogen-bond acceptors (Lipinski definition) is 6. The number of aryl methyl sites for hydroxylation is 1. The average Bonchev–Trinajstić information content (AvgIpc) is 3.20. The molecule has 1 atom stereocenters. The molecule has 0 fully saturated rings. The summed E-state index contributed by atoms with van der Waals surface area (Å²) < 4.78 is 24.9. The summed E-state index contributed by atoms with van der Waals surface area (Å²) >= 11 is 1.41. The second-order valence-electron chi connectivity index (χ2n) is 10.3. The Bertz CT molecular complexity index is 1270. The van der Waals surface area contributed by atoms with Gasteiger partial charge < -0.3 is 10.7 Å². The Balaban J connectivity index is 1.15. The standard InChI is InChI=1S/C29H41N3O3S2/c1-3-9-23-10-8-11-26-25(23)16-17-27-28(26)32(29(33)36-27)31-20-7-5-4-6-19-30-21-18-22-12-14-24(15-13-22)37(2,34)35/h8,11-15,23,30-31H,3-7,9-10,16-21H2,1-2H3/t23-/m0/s1. The Labute approximate surface area is 225 Å². The van der Waals surface area contributed by atoms with E-state index in [-0.39, 0.29) is 4.87 Å². The number of unbranched alkanes of at least 4 members (excludes halogenated alkanes) is 3. The molecule has 8 heteroatoms. The minimum absolute atomic E-state index is 0.111. The van der Waals surface area contributed by atoms with Crippen molar-refractivity contribution in [3.8, 4) is 0 Å². The summed E-state index contributed by atoms with van der Waals surface area (Å²) in [6, 6.07) is 7.16. The van der Waals surface area contributed by atoms with Crippen molar-refractivity contribution in [3.05, 3.63) is 67.8 Å². The lowest BCUT2D eigenvalue weighted by molar-refractivity contribution is 0.532. The molecule has 4 rings (SSSR count). The number of sulfone groups is 1.